The van der Waals surface area contributed by atoms with Gasteiger partial charge in [0.05, 0.1) is 62.8 Å². The minimum atomic E-state index is 0.639. The van der Waals surface area contributed by atoms with Crippen molar-refractivity contribution in [3.05, 3.63) is 391 Å². The second-order valence-corrected chi connectivity index (χ2v) is 34.3. The Hall–Kier alpha value is -15.5. The van der Waals surface area contributed by atoms with Crippen LogP contribution in [-0.4, -0.2) is 24.5 Å². The minimum Gasteiger partial charge on any atom is -0.456 e. The Morgan fingerprint density at radius 2 is 0.724 bits per heavy atom. The molecule has 7 aromatic heterocycles. The highest BCUT2D eigenvalue weighted by Gasteiger charge is 2.26. The van der Waals surface area contributed by atoms with Crippen LogP contribution >= 0.6 is 38.6 Å². The Kier molecular flexibility index (Phi) is 16.8. The first-order valence-corrected chi connectivity index (χ1v) is 43.2. The number of nitrogens with zero attached hydrogens (tertiary/aromatic N) is 7. The lowest BCUT2D eigenvalue weighted by atomic mass is 9.96. The molecule has 18 aromatic carbocycles. The number of thiophene rings is 2. The second kappa shape index (κ2) is 28.9. The molecule has 9 nitrogen and oxygen atoms in total. The van der Waals surface area contributed by atoms with Crippen LogP contribution in [0.4, 0.5) is 0 Å². The predicted molar refractivity (Wildman–Crippen MR) is 513 cm³/mol. The van der Waals surface area contributed by atoms with Crippen LogP contribution in [0.5, 0.6) is 0 Å². The number of benzene rings is 18. The van der Waals surface area contributed by atoms with Crippen LogP contribution in [0, 0.1) is 22.7 Å². The lowest BCUT2D eigenvalue weighted by Gasteiger charge is -2.16. The Bertz CT molecular complexity index is 8870. The van der Waals surface area contributed by atoms with Gasteiger partial charge < -0.3 is 13.4 Å². The number of hydrogen-bond acceptors (Lipinski definition) is 10. The van der Waals surface area contributed by atoms with E-state index in [1.165, 1.54) is 60.1 Å². The highest BCUT2D eigenvalue weighted by molar-refractivity contribution is 9.10. The number of rotatable bonds is 7. The largest absolute Gasteiger partial charge is 0.456 e. The van der Waals surface area contributed by atoms with Gasteiger partial charge in [-0.15, -0.1) is 22.7 Å². The van der Waals surface area contributed by atoms with Gasteiger partial charge in [-0.3, -0.25) is 0 Å². The molecule has 0 aliphatic heterocycles. The van der Waals surface area contributed by atoms with Crippen molar-refractivity contribution >= 4 is 188 Å². The molecule has 0 unspecified atom stereocenters. The van der Waals surface area contributed by atoms with E-state index < -0.39 is 0 Å². The Labute approximate surface area is 719 Å². The lowest BCUT2D eigenvalue weighted by Crippen LogP contribution is -1.99. The standard InChI is InChI=1S/C55H30N4OS.C39H20BrN3OS.C17H12/c56-31-32-17-19-33(20-18-32)36-22-26-51-45(28-36)54-55(61-51)58-52(37-21-25-50-44(29-37)41-14-6-8-16-49(41)60-50)53(57-54)42-23-24-47(39-12-4-3-11-38(39)42)59-46-15-7-5-13-40(46)43-27-34-9-1-2-10-35(34)30-48(43)59;40-32-16-15-29(26-5-1-2-6-27(26)32)37-36(25-13-17-34-30(20-25)28-7-3-4-8-33(28)44-34)43-39-38(42-37)31-19-24(14-18-35(31)45-39)23-11-9-22(21-41)10-12-23;1-2-6-13-11-17-15(9-12(13)5-1)10-14-7-3-4-8-16(14)17/h1-30H;1-20H;1-9,11H,10H2. The zero-order valence-corrected chi connectivity index (χ0v) is 68.7. The molecule has 0 fully saturated rings. The highest BCUT2D eigenvalue weighted by Crippen LogP contribution is 2.48. The van der Waals surface area contributed by atoms with E-state index in [9.17, 15) is 10.5 Å². The van der Waals surface area contributed by atoms with Crippen LogP contribution < -0.4 is 0 Å². The Balaban J connectivity index is 0.000000119. The summed E-state index contributed by atoms with van der Waals surface area (Å²) in [6, 6.07) is 132. The monoisotopic (exact) mass is 1670 g/mol. The molecule has 26 rings (SSSR count). The van der Waals surface area contributed by atoms with Gasteiger partial charge in [0, 0.05) is 84.6 Å². The van der Waals surface area contributed by atoms with Crippen LogP contribution in [0.2, 0.25) is 0 Å². The van der Waals surface area contributed by atoms with Gasteiger partial charge in [0.15, 0.2) is 0 Å². The van der Waals surface area contributed by atoms with E-state index in [2.05, 4.69) is 312 Å². The molecule has 1 aliphatic carbocycles. The zero-order valence-electron chi connectivity index (χ0n) is 65.5. The van der Waals surface area contributed by atoms with Crippen LogP contribution in [0.3, 0.4) is 0 Å². The average molecular weight is 1670 g/mol. The molecule has 0 saturated carbocycles. The molecule has 0 spiro atoms. The van der Waals surface area contributed by atoms with Gasteiger partial charge in [0.25, 0.3) is 0 Å². The number of hydrogen-bond donors (Lipinski definition) is 0. The quantitative estimate of drug-likeness (QED) is 0.154. The maximum atomic E-state index is 9.42. The van der Waals surface area contributed by atoms with E-state index in [0.29, 0.717) is 11.1 Å². The van der Waals surface area contributed by atoms with Gasteiger partial charge in [-0.2, -0.15) is 10.5 Å². The first kappa shape index (κ1) is 71.6. The number of nitriles is 2. The van der Waals surface area contributed by atoms with Crippen molar-refractivity contribution in [1.82, 2.24) is 24.5 Å². The summed E-state index contributed by atoms with van der Waals surface area (Å²) in [4.78, 5) is 23.8. The molecule has 25 aromatic rings. The van der Waals surface area contributed by atoms with Crippen LogP contribution in [-0.2, 0) is 6.42 Å². The van der Waals surface area contributed by atoms with Crippen molar-refractivity contribution in [2.45, 2.75) is 6.42 Å². The van der Waals surface area contributed by atoms with E-state index in [1.807, 2.05) is 84.9 Å². The number of fused-ring (bicyclic) bond motifs is 22. The maximum absolute atomic E-state index is 9.42. The summed E-state index contributed by atoms with van der Waals surface area (Å²) in [5.74, 6) is 0. The predicted octanol–water partition coefficient (Wildman–Crippen LogP) is 31.0. The first-order chi connectivity index (χ1) is 60.7. The third-order valence-electron chi connectivity index (χ3n) is 24.3. The van der Waals surface area contributed by atoms with Gasteiger partial charge >= 0.3 is 0 Å². The minimum absolute atomic E-state index is 0.639. The van der Waals surface area contributed by atoms with Gasteiger partial charge in [-0.1, -0.05) is 240 Å². The first-order valence-electron chi connectivity index (χ1n) is 40.8. The summed E-state index contributed by atoms with van der Waals surface area (Å²) in [7, 11) is 0. The smallest absolute Gasteiger partial charge is 0.143 e. The van der Waals surface area contributed by atoms with Crippen molar-refractivity contribution in [2.24, 2.45) is 0 Å². The average Bonchev–Trinajstić information content (AvgIpc) is 1.62. The van der Waals surface area contributed by atoms with E-state index >= 15 is 0 Å². The summed E-state index contributed by atoms with van der Waals surface area (Å²) in [6.07, 6.45) is 1.08. The molecule has 12 heteroatoms. The van der Waals surface area contributed by atoms with E-state index in [-0.39, 0.29) is 0 Å². The van der Waals surface area contributed by atoms with Gasteiger partial charge in [0.2, 0.25) is 0 Å². The molecule has 0 atom stereocenters. The molecule has 0 bridgehead atoms. The van der Waals surface area contributed by atoms with Crippen LogP contribution in [0.1, 0.15) is 22.3 Å². The number of halogens is 1. The summed E-state index contributed by atoms with van der Waals surface area (Å²) < 4.78 is 18.1. The van der Waals surface area contributed by atoms with Crippen LogP contribution in [0.25, 0.3) is 234 Å². The topological polar surface area (TPSA) is 130 Å². The Morgan fingerprint density at radius 1 is 0.285 bits per heavy atom. The van der Waals surface area contributed by atoms with Crippen molar-refractivity contribution in [3.63, 3.8) is 0 Å². The second-order valence-electron chi connectivity index (χ2n) is 31.3. The number of para-hydroxylation sites is 3. The summed E-state index contributed by atoms with van der Waals surface area (Å²) in [5, 5.41) is 37.1. The molecule has 123 heavy (non-hydrogen) atoms. The fraction of sp³-hybridized carbons (Fsp3) is 0.00901. The van der Waals surface area contributed by atoms with Gasteiger partial charge in [-0.05, 0) is 228 Å². The normalized spacial score (nSPS) is 11.9. The van der Waals surface area contributed by atoms with Crippen molar-refractivity contribution in [3.8, 4) is 96.2 Å². The van der Waals surface area contributed by atoms with Crippen molar-refractivity contribution in [2.75, 3.05) is 0 Å². The molecule has 0 N–H and O–H groups in total. The molecule has 0 radical (unpaired) electrons. The zero-order chi connectivity index (χ0) is 81.5. The summed E-state index contributed by atoms with van der Waals surface area (Å²) in [6.45, 7) is 0. The molecular weight excluding hydrogens is 1610 g/mol. The molecular formula is C111H62BrN7O2S2. The molecule has 572 valence electrons. The fourth-order valence-corrected chi connectivity index (χ4v) is 20.9. The third kappa shape index (κ3) is 12.1. The number of furan rings is 2. The van der Waals surface area contributed by atoms with E-state index in [4.69, 9.17) is 28.8 Å². The third-order valence-corrected chi connectivity index (χ3v) is 27.1. The molecule has 1 aliphatic rings. The van der Waals surface area contributed by atoms with Crippen molar-refractivity contribution < 1.29 is 8.83 Å². The highest BCUT2D eigenvalue weighted by atomic mass is 79.9. The van der Waals surface area contributed by atoms with E-state index in [0.717, 1.165) is 196 Å². The SMILES string of the molecule is N#Cc1ccc(-c2ccc3sc4nc(-c5ccc6oc7ccccc7c6c5)c(-c5ccc(-n6c7ccccc7c7cc8ccccc8cc76)c6ccccc56)nc4c3c2)cc1.N#Cc1ccc(-c2ccc3sc4nc(-c5ccc6oc7ccccc7c6c5)c(-c5ccc(Br)c6ccccc56)nc4c3c2)cc1.c1ccc2c(c1)Cc1cc3ccccc3cc1-2. The van der Waals surface area contributed by atoms with Gasteiger partial charge in [0.1, 0.15) is 43.0 Å². The summed E-state index contributed by atoms with van der Waals surface area (Å²) >= 11 is 7.07. The number of aromatic nitrogens is 5. The molecule has 0 saturated heterocycles. The van der Waals surface area contributed by atoms with Crippen LogP contribution in [0.15, 0.2) is 377 Å². The summed E-state index contributed by atoms with van der Waals surface area (Å²) in [5.41, 5.74) is 27.2. The maximum Gasteiger partial charge on any atom is 0.143 e. The molecule has 0 amide bonds. The van der Waals surface area contributed by atoms with E-state index in [1.54, 1.807) is 22.7 Å². The molecule has 7 heterocycles. The van der Waals surface area contributed by atoms with Crippen molar-refractivity contribution in [1.29, 1.82) is 10.5 Å². The van der Waals surface area contributed by atoms with Gasteiger partial charge in [-0.25, -0.2) is 19.9 Å². The lowest BCUT2D eigenvalue weighted by molar-refractivity contribution is 0.668. The fourth-order valence-electron chi connectivity index (χ4n) is 18.4. The Morgan fingerprint density at radius 3 is 1.30 bits per heavy atom.